The molecule has 0 aliphatic carbocycles. The maximum Gasteiger partial charge on any atom is 0.138 e. The van der Waals surface area contributed by atoms with Crippen LogP contribution in [0.5, 0.6) is 0 Å². The van der Waals surface area contributed by atoms with Gasteiger partial charge in [-0.2, -0.15) is 0 Å². The van der Waals surface area contributed by atoms with Crippen molar-refractivity contribution in [3.63, 3.8) is 0 Å². The maximum absolute atomic E-state index is 11.8. The topological polar surface area (TPSA) is 77.8 Å². The molecule has 0 amide bonds. The van der Waals surface area contributed by atoms with Crippen LogP contribution in [0.2, 0.25) is 0 Å². The van der Waals surface area contributed by atoms with E-state index in [2.05, 4.69) is 0 Å². The zero-order valence-electron chi connectivity index (χ0n) is 17.7. The number of aliphatic hydroxyl groups excluding tert-OH is 3. The molecule has 6 atom stereocenters. The van der Waals surface area contributed by atoms with E-state index in [1.807, 2.05) is 52.8 Å². The molecule has 0 spiro atoms. The summed E-state index contributed by atoms with van der Waals surface area (Å²) >= 11 is 0. The van der Waals surface area contributed by atoms with Crippen molar-refractivity contribution < 1.29 is 20.1 Å². The molecule has 0 saturated heterocycles. The lowest BCUT2D eigenvalue weighted by Gasteiger charge is -2.23. The van der Waals surface area contributed by atoms with Crippen LogP contribution in [-0.2, 0) is 4.79 Å². The minimum absolute atomic E-state index is 0.0247. The second-order valence-electron chi connectivity index (χ2n) is 7.52. The Hall–Kier alpha value is -1.23. The van der Waals surface area contributed by atoms with Gasteiger partial charge in [0, 0.05) is 24.2 Å². The van der Waals surface area contributed by atoms with Crippen LogP contribution in [0.4, 0.5) is 0 Å². The second kappa shape index (κ2) is 11.5. The average molecular weight is 367 g/mol. The molecule has 0 aliphatic rings. The summed E-state index contributed by atoms with van der Waals surface area (Å²) in [5.74, 6) is -0.740. The molecule has 3 N–H and O–H groups in total. The van der Waals surface area contributed by atoms with Crippen molar-refractivity contribution in [1.82, 2.24) is 0 Å². The zero-order valence-corrected chi connectivity index (χ0v) is 17.7. The molecule has 0 aromatic heterocycles. The molecule has 6 unspecified atom stereocenters. The van der Waals surface area contributed by atoms with E-state index in [0.717, 1.165) is 11.1 Å². The van der Waals surface area contributed by atoms with Gasteiger partial charge in [0.25, 0.3) is 0 Å². The monoisotopic (exact) mass is 366 g/mol. The lowest BCUT2D eigenvalue weighted by atomic mass is 9.88. The SMILES string of the molecule is CC=C(C)C(O)C(C)C=C(C)C(O)C(C)C=C(C)C(O)C(C)C(=O)CC. The van der Waals surface area contributed by atoms with Gasteiger partial charge >= 0.3 is 0 Å². The zero-order chi connectivity index (χ0) is 20.6. The van der Waals surface area contributed by atoms with Crippen LogP contribution in [0.1, 0.15) is 61.8 Å². The number of carbonyl (C=O) groups excluding carboxylic acids is 1. The van der Waals surface area contributed by atoms with Crippen molar-refractivity contribution in [2.24, 2.45) is 17.8 Å². The molecule has 26 heavy (non-hydrogen) atoms. The Morgan fingerprint density at radius 1 is 0.808 bits per heavy atom. The van der Waals surface area contributed by atoms with Crippen LogP contribution < -0.4 is 0 Å². The lowest BCUT2D eigenvalue weighted by molar-refractivity contribution is -0.124. The van der Waals surface area contributed by atoms with Crippen LogP contribution in [0.25, 0.3) is 0 Å². The van der Waals surface area contributed by atoms with E-state index < -0.39 is 24.2 Å². The third-order valence-corrected chi connectivity index (χ3v) is 5.23. The summed E-state index contributed by atoms with van der Waals surface area (Å²) in [6.45, 7) is 14.7. The van der Waals surface area contributed by atoms with Gasteiger partial charge in [-0.3, -0.25) is 4.79 Å². The normalized spacial score (nSPS) is 21.0. The summed E-state index contributed by atoms with van der Waals surface area (Å²) in [6.07, 6.45) is 3.88. The third kappa shape index (κ3) is 7.18. The summed E-state index contributed by atoms with van der Waals surface area (Å²) in [6, 6.07) is 0. The highest BCUT2D eigenvalue weighted by atomic mass is 16.3. The molecule has 0 fully saturated rings. The molecule has 0 bridgehead atoms. The van der Waals surface area contributed by atoms with Gasteiger partial charge in [-0.25, -0.2) is 0 Å². The minimum atomic E-state index is -0.834. The molecule has 0 saturated carbocycles. The van der Waals surface area contributed by atoms with Crippen molar-refractivity contribution in [2.75, 3.05) is 0 Å². The van der Waals surface area contributed by atoms with E-state index in [0.29, 0.717) is 12.0 Å². The fourth-order valence-electron chi connectivity index (χ4n) is 3.10. The van der Waals surface area contributed by atoms with E-state index in [1.165, 1.54) is 0 Å². The fourth-order valence-corrected chi connectivity index (χ4v) is 3.10. The average Bonchev–Trinajstić information content (AvgIpc) is 2.63. The lowest BCUT2D eigenvalue weighted by Crippen LogP contribution is -2.27. The van der Waals surface area contributed by atoms with Crippen molar-refractivity contribution >= 4 is 5.78 Å². The highest BCUT2D eigenvalue weighted by Gasteiger charge is 2.24. The van der Waals surface area contributed by atoms with E-state index >= 15 is 0 Å². The first-order valence-electron chi connectivity index (χ1n) is 9.54. The molecule has 0 radical (unpaired) electrons. The summed E-state index contributed by atoms with van der Waals surface area (Å²) < 4.78 is 0. The highest BCUT2D eigenvalue weighted by Crippen LogP contribution is 2.22. The van der Waals surface area contributed by atoms with Gasteiger partial charge in [0.1, 0.15) is 5.78 Å². The molecule has 4 nitrogen and oxygen atoms in total. The number of allylic oxidation sites excluding steroid dienone is 1. The number of aliphatic hydroxyl groups is 3. The predicted molar refractivity (Wildman–Crippen MR) is 108 cm³/mol. The molecule has 0 aromatic carbocycles. The highest BCUT2D eigenvalue weighted by molar-refractivity contribution is 5.81. The van der Waals surface area contributed by atoms with Gasteiger partial charge in [0.15, 0.2) is 0 Å². The number of carbonyl (C=O) groups is 1. The van der Waals surface area contributed by atoms with Gasteiger partial charge in [-0.05, 0) is 44.4 Å². The van der Waals surface area contributed by atoms with Crippen LogP contribution in [0.3, 0.4) is 0 Å². The van der Waals surface area contributed by atoms with Crippen LogP contribution in [0.15, 0.2) is 34.9 Å². The number of rotatable bonds is 10. The fraction of sp³-hybridized carbons (Fsp3) is 0.682. The van der Waals surface area contributed by atoms with E-state index in [9.17, 15) is 20.1 Å². The first kappa shape index (κ1) is 24.8. The first-order valence-corrected chi connectivity index (χ1v) is 9.54. The van der Waals surface area contributed by atoms with Crippen LogP contribution in [0, 0.1) is 17.8 Å². The van der Waals surface area contributed by atoms with E-state index in [4.69, 9.17) is 0 Å². The summed E-state index contributed by atoms with van der Waals surface area (Å²) in [5, 5.41) is 31.2. The molecule has 0 aromatic rings. The van der Waals surface area contributed by atoms with E-state index in [-0.39, 0.29) is 17.6 Å². The van der Waals surface area contributed by atoms with Gasteiger partial charge in [-0.1, -0.05) is 45.9 Å². The van der Waals surface area contributed by atoms with Crippen molar-refractivity contribution in [3.05, 3.63) is 34.9 Å². The number of hydrogen-bond donors (Lipinski definition) is 3. The molecular formula is C22H38O4. The molecule has 150 valence electrons. The summed E-state index contributed by atoms with van der Waals surface area (Å²) in [5.41, 5.74) is 2.37. The summed E-state index contributed by atoms with van der Waals surface area (Å²) in [4.78, 5) is 11.8. The number of hydrogen-bond acceptors (Lipinski definition) is 4. The Kier molecular flexibility index (Phi) is 10.9. The van der Waals surface area contributed by atoms with Gasteiger partial charge < -0.3 is 15.3 Å². The number of ketones is 1. The van der Waals surface area contributed by atoms with Crippen molar-refractivity contribution in [3.8, 4) is 0 Å². The van der Waals surface area contributed by atoms with Crippen LogP contribution in [-0.4, -0.2) is 39.4 Å². The number of Topliss-reactive ketones (excluding diaryl/α,β-unsaturated/α-hetero) is 1. The maximum atomic E-state index is 11.8. The van der Waals surface area contributed by atoms with Crippen molar-refractivity contribution in [1.29, 1.82) is 0 Å². The Morgan fingerprint density at radius 3 is 1.58 bits per heavy atom. The van der Waals surface area contributed by atoms with Gasteiger partial charge in [0.2, 0.25) is 0 Å². The first-order chi connectivity index (χ1) is 12.0. The predicted octanol–water partition coefficient (Wildman–Crippen LogP) is 3.82. The Balaban J connectivity index is 5.16. The largest absolute Gasteiger partial charge is 0.388 e. The minimum Gasteiger partial charge on any atom is -0.388 e. The molecule has 0 aliphatic heterocycles. The third-order valence-electron chi connectivity index (χ3n) is 5.23. The Bertz CT molecular complexity index is 544. The van der Waals surface area contributed by atoms with E-state index in [1.54, 1.807) is 20.8 Å². The molecule has 0 heterocycles. The molecule has 4 heteroatoms. The molecule has 0 rings (SSSR count). The Morgan fingerprint density at radius 2 is 1.19 bits per heavy atom. The van der Waals surface area contributed by atoms with Gasteiger partial charge in [-0.15, -0.1) is 0 Å². The smallest absolute Gasteiger partial charge is 0.138 e. The molecular weight excluding hydrogens is 328 g/mol. The van der Waals surface area contributed by atoms with Gasteiger partial charge in [0.05, 0.1) is 18.3 Å². The second-order valence-corrected chi connectivity index (χ2v) is 7.52. The van der Waals surface area contributed by atoms with Crippen LogP contribution >= 0.6 is 0 Å². The quantitative estimate of drug-likeness (QED) is 0.514. The summed E-state index contributed by atoms with van der Waals surface area (Å²) in [7, 11) is 0. The van der Waals surface area contributed by atoms with Crippen molar-refractivity contribution in [2.45, 2.75) is 80.1 Å². The standard InChI is InChI=1S/C22H38O4/c1-9-13(3)20(24)14(4)11-15(5)21(25)16(6)12-17(7)22(26)18(8)19(23)10-2/h9,11-12,14,16,18,20-22,24-26H,10H2,1-8H3. The Labute approximate surface area is 159 Å².